The highest BCUT2D eigenvalue weighted by Crippen LogP contribution is 2.37. The molecule has 0 heterocycles. The first-order chi connectivity index (χ1) is 14.5. The topological polar surface area (TPSA) is 105 Å². The van der Waals surface area contributed by atoms with Crippen LogP contribution in [-0.4, -0.2) is 37.1 Å². The third-order valence-electron chi connectivity index (χ3n) is 4.00. The van der Waals surface area contributed by atoms with Crippen LogP contribution in [0, 0.1) is 0 Å². The highest BCUT2D eigenvalue weighted by Gasteiger charge is 2.34. The molecule has 0 unspecified atom stereocenters. The maximum Gasteiger partial charge on any atom is 0.514 e. The average Bonchev–Trinajstić information content (AvgIpc) is 2.74. The molecule has 0 amide bonds. The fourth-order valence-corrected chi connectivity index (χ4v) is 2.80. The van der Waals surface area contributed by atoms with E-state index in [0.717, 1.165) is 6.07 Å². The number of ketones is 2. The van der Waals surface area contributed by atoms with Crippen molar-refractivity contribution in [3.63, 3.8) is 0 Å². The Morgan fingerprint density at radius 1 is 0.800 bits per heavy atom. The van der Waals surface area contributed by atoms with Crippen LogP contribution in [0.4, 0.5) is 9.59 Å². The highest BCUT2D eigenvalue weighted by molar-refractivity contribution is 6.29. The largest absolute Gasteiger partial charge is 0.514 e. The van der Waals surface area contributed by atoms with E-state index in [1.54, 1.807) is 12.1 Å². The van der Waals surface area contributed by atoms with Crippen LogP contribution in [0.3, 0.4) is 0 Å². The summed E-state index contributed by atoms with van der Waals surface area (Å²) in [5.74, 6) is -1.46. The molecule has 0 spiro atoms. The summed E-state index contributed by atoms with van der Waals surface area (Å²) in [5.41, 5.74) is 0.125. The molecule has 0 bridgehead atoms. The second-order valence-electron chi connectivity index (χ2n) is 5.95. The Balaban J connectivity index is 2.06. The predicted molar refractivity (Wildman–Crippen MR) is 104 cm³/mol. The Bertz CT molecular complexity index is 1070. The molecule has 0 aromatic heterocycles. The van der Waals surface area contributed by atoms with Crippen molar-refractivity contribution in [2.24, 2.45) is 0 Å². The van der Waals surface area contributed by atoms with Gasteiger partial charge < -0.3 is 18.9 Å². The molecule has 0 N–H and O–H groups in total. The van der Waals surface area contributed by atoms with E-state index >= 15 is 0 Å². The van der Waals surface area contributed by atoms with Crippen molar-refractivity contribution in [2.45, 2.75) is 0 Å². The van der Waals surface area contributed by atoms with Gasteiger partial charge in [0.25, 0.3) is 0 Å². The van der Waals surface area contributed by atoms with Crippen LogP contribution in [0.5, 0.6) is 11.5 Å². The van der Waals surface area contributed by atoms with E-state index in [2.05, 4.69) is 13.2 Å². The van der Waals surface area contributed by atoms with Gasteiger partial charge in [0, 0.05) is 22.8 Å². The standard InChI is InChI=1S/C22H16O8/c1-3-9-27-21(25)29-13-11-16-18(17(12-13)30-22(26)28-10-4-2)20(24)15-8-6-5-7-14(15)19(16)23/h3-8,11-12H,1-2,9-10H2. The number of rotatable bonds is 6. The predicted octanol–water partition coefficient (Wildman–Crippen LogP) is 3.86. The number of ether oxygens (including phenoxy) is 4. The summed E-state index contributed by atoms with van der Waals surface area (Å²) in [6, 6.07) is 8.57. The Labute approximate surface area is 171 Å². The van der Waals surface area contributed by atoms with Gasteiger partial charge in [0.1, 0.15) is 24.7 Å². The van der Waals surface area contributed by atoms with Crippen molar-refractivity contribution in [3.8, 4) is 11.5 Å². The van der Waals surface area contributed by atoms with Crippen LogP contribution >= 0.6 is 0 Å². The molecule has 0 radical (unpaired) electrons. The van der Waals surface area contributed by atoms with Gasteiger partial charge in [0.2, 0.25) is 0 Å². The lowest BCUT2D eigenvalue weighted by Crippen LogP contribution is -2.23. The van der Waals surface area contributed by atoms with Gasteiger partial charge in [0.15, 0.2) is 11.6 Å². The Morgan fingerprint density at radius 3 is 1.97 bits per heavy atom. The Morgan fingerprint density at radius 2 is 1.37 bits per heavy atom. The number of carbonyl (C=O) groups excluding carboxylic acids is 4. The fourth-order valence-electron chi connectivity index (χ4n) is 2.80. The van der Waals surface area contributed by atoms with Crippen molar-refractivity contribution in [1.82, 2.24) is 0 Å². The molecule has 0 saturated carbocycles. The number of carbonyl (C=O) groups is 4. The summed E-state index contributed by atoms with van der Waals surface area (Å²) in [7, 11) is 0. The van der Waals surface area contributed by atoms with Crippen LogP contribution in [0.1, 0.15) is 31.8 Å². The van der Waals surface area contributed by atoms with Gasteiger partial charge in [-0.15, -0.1) is 0 Å². The molecule has 0 fully saturated rings. The molecule has 0 saturated heterocycles. The number of benzene rings is 2. The minimum Gasteiger partial charge on any atom is -0.430 e. The minimum atomic E-state index is -1.12. The van der Waals surface area contributed by atoms with E-state index in [4.69, 9.17) is 18.9 Å². The Kier molecular flexibility index (Phi) is 6.07. The van der Waals surface area contributed by atoms with Gasteiger partial charge in [-0.05, 0) is 6.07 Å². The summed E-state index contributed by atoms with van der Waals surface area (Å²) in [4.78, 5) is 49.7. The quantitative estimate of drug-likeness (QED) is 0.344. The number of fused-ring (bicyclic) bond motifs is 2. The lowest BCUT2D eigenvalue weighted by atomic mass is 9.83. The summed E-state index contributed by atoms with van der Waals surface area (Å²) < 4.78 is 19.7. The van der Waals surface area contributed by atoms with Gasteiger partial charge >= 0.3 is 12.3 Å². The van der Waals surface area contributed by atoms with Gasteiger partial charge in [-0.25, -0.2) is 9.59 Å². The molecule has 152 valence electrons. The van der Waals surface area contributed by atoms with E-state index in [1.165, 1.54) is 30.4 Å². The highest BCUT2D eigenvalue weighted by atomic mass is 16.7. The van der Waals surface area contributed by atoms with E-state index in [0.29, 0.717) is 0 Å². The molecule has 2 aromatic rings. The third-order valence-corrected chi connectivity index (χ3v) is 4.00. The van der Waals surface area contributed by atoms with Gasteiger partial charge in [0.05, 0.1) is 5.56 Å². The van der Waals surface area contributed by atoms with E-state index in [-0.39, 0.29) is 47.0 Å². The van der Waals surface area contributed by atoms with Crippen LogP contribution in [0.25, 0.3) is 0 Å². The molecule has 8 nitrogen and oxygen atoms in total. The first kappa shape index (κ1) is 20.5. The van der Waals surface area contributed by atoms with E-state index in [1.807, 2.05) is 0 Å². The molecule has 30 heavy (non-hydrogen) atoms. The molecule has 1 aliphatic rings. The van der Waals surface area contributed by atoms with Gasteiger partial charge in [-0.1, -0.05) is 49.6 Å². The molecule has 0 atom stereocenters. The summed E-state index contributed by atoms with van der Waals surface area (Å²) in [5, 5.41) is 0. The number of hydrogen-bond donors (Lipinski definition) is 0. The van der Waals surface area contributed by atoms with Gasteiger partial charge in [-0.3, -0.25) is 9.59 Å². The molecule has 1 aliphatic carbocycles. The van der Waals surface area contributed by atoms with Crippen molar-refractivity contribution < 1.29 is 38.1 Å². The fraction of sp³-hybridized carbons (Fsp3) is 0.0909. The molecule has 0 aliphatic heterocycles. The van der Waals surface area contributed by atoms with E-state index in [9.17, 15) is 19.2 Å². The zero-order valence-corrected chi connectivity index (χ0v) is 15.7. The summed E-state index contributed by atoms with van der Waals surface area (Å²) in [6.07, 6.45) is 0.487. The van der Waals surface area contributed by atoms with Crippen molar-refractivity contribution in [3.05, 3.63) is 84.0 Å². The molecular weight excluding hydrogens is 392 g/mol. The monoisotopic (exact) mass is 408 g/mol. The number of hydrogen-bond acceptors (Lipinski definition) is 8. The molecular formula is C22H16O8. The first-order valence-corrected chi connectivity index (χ1v) is 8.73. The lowest BCUT2D eigenvalue weighted by molar-refractivity contribution is 0.0962. The van der Waals surface area contributed by atoms with Crippen LogP contribution < -0.4 is 9.47 Å². The first-order valence-electron chi connectivity index (χ1n) is 8.73. The SMILES string of the molecule is C=CCOC(=O)Oc1cc(OC(=O)OCC=C)c2c(c1)C(=O)c1ccccc1C2=O. The van der Waals surface area contributed by atoms with Gasteiger partial charge in [-0.2, -0.15) is 0 Å². The second kappa shape index (κ2) is 8.87. The molecule has 8 heteroatoms. The third kappa shape index (κ3) is 4.12. The van der Waals surface area contributed by atoms with Crippen LogP contribution in [0.2, 0.25) is 0 Å². The zero-order valence-electron chi connectivity index (χ0n) is 15.7. The van der Waals surface area contributed by atoms with Crippen LogP contribution in [0.15, 0.2) is 61.7 Å². The van der Waals surface area contributed by atoms with Crippen molar-refractivity contribution in [1.29, 1.82) is 0 Å². The average molecular weight is 408 g/mol. The second-order valence-corrected chi connectivity index (χ2v) is 5.95. The summed E-state index contributed by atoms with van der Waals surface area (Å²) >= 11 is 0. The zero-order chi connectivity index (χ0) is 21.7. The Hall–Kier alpha value is -4.20. The maximum atomic E-state index is 13.0. The van der Waals surface area contributed by atoms with E-state index < -0.39 is 23.9 Å². The lowest BCUT2D eigenvalue weighted by Gasteiger charge is -2.20. The smallest absolute Gasteiger partial charge is 0.430 e. The van der Waals surface area contributed by atoms with Crippen molar-refractivity contribution in [2.75, 3.05) is 13.2 Å². The summed E-state index contributed by atoms with van der Waals surface area (Å²) in [6.45, 7) is 6.62. The normalized spacial score (nSPS) is 11.6. The molecule has 3 rings (SSSR count). The van der Waals surface area contributed by atoms with Crippen LogP contribution in [-0.2, 0) is 9.47 Å². The maximum absolute atomic E-state index is 13.0. The minimum absolute atomic E-state index is 0.0840. The van der Waals surface area contributed by atoms with Crippen molar-refractivity contribution >= 4 is 23.9 Å². The molecule has 2 aromatic carbocycles.